The number of para-hydroxylation sites is 1. The molecule has 1 aliphatic rings. The van der Waals surface area contributed by atoms with Crippen molar-refractivity contribution in [3.63, 3.8) is 0 Å². The van der Waals surface area contributed by atoms with Gasteiger partial charge in [-0.15, -0.1) is 0 Å². The highest BCUT2D eigenvalue weighted by Crippen LogP contribution is 2.49. The molecule has 0 N–H and O–H groups in total. The smallest absolute Gasteiger partial charge is 0.137 e. The maximum Gasteiger partial charge on any atom is 0.137 e. The first-order chi connectivity index (χ1) is 18.8. The van der Waals surface area contributed by atoms with Crippen LogP contribution in [-0.2, 0) is 0 Å². The largest absolute Gasteiger partial charge is 0.456 e. The van der Waals surface area contributed by atoms with Crippen LogP contribution in [0.1, 0.15) is 0 Å². The summed E-state index contributed by atoms with van der Waals surface area (Å²) < 4.78 is 8.94. The summed E-state index contributed by atoms with van der Waals surface area (Å²) in [5.74, 6) is 1.82. The Hall–Kier alpha value is -5.08. The Morgan fingerprint density at radius 2 is 1.16 bits per heavy atom. The molecule has 38 heavy (non-hydrogen) atoms. The molecule has 7 aromatic carbocycles. The Bertz CT molecular complexity index is 2270. The normalized spacial score (nSPS) is 12.4. The Kier molecular flexibility index (Phi) is 3.82. The molecule has 0 atom stereocenters. The molecule has 0 fully saturated rings. The van der Waals surface area contributed by atoms with Crippen molar-refractivity contribution in [2.24, 2.45) is 0 Å². The SMILES string of the molecule is c1cc2c3c(cccc3c1)-c1cc3c4ccccc4n(-c4ccc5ccc6ccccc6c5c4)c3cc1O2. The Labute approximate surface area is 218 Å². The van der Waals surface area contributed by atoms with Crippen molar-refractivity contribution < 1.29 is 4.74 Å². The summed E-state index contributed by atoms with van der Waals surface area (Å²) in [5, 5.41) is 9.92. The van der Waals surface area contributed by atoms with E-state index in [0.29, 0.717) is 0 Å². The molecule has 2 heteroatoms. The number of hydrogen-bond acceptors (Lipinski definition) is 1. The lowest BCUT2D eigenvalue weighted by molar-refractivity contribution is 0.487. The summed E-state index contributed by atoms with van der Waals surface area (Å²) >= 11 is 0. The van der Waals surface area contributed by atoms with E-state index >= 15 is 0 Å². The minimum atomic E-state index is 0.902. The van der Waals surface area contributed by atoms with Crippen molar-refractivity contribution in [2.75, 3.05) is 0 Å². The summed E-state index contributed by atoms with van der Waals surface area (Å²) in [7, 11) is 0. The van der Waals surface area contributed by atoms with Gasteiger partial charge in [-0.1, -0.05) is 91.0 Å². The molecule has 1 aliphatic heterocycles. The van der Waals surface area contributed by atoms with Crippen LogP contribution in [0.4, 0.5) is 0 Å². The van der Waals surface area contributed by atoms with E-state index in [1.807, 2.05) is 0 Å². The van der Waals surface area contributed by atoms with Crippen molar-refractivity contribution in [3.05, 3.63) is 127 Å². The number of rotatable bonds is 1. The maximum atomic E-state index is 6.56. The molecule has 8 aromatic rings. The zero-order chi connectivity index (χ0) is 24.8. The number of fused-ring (bicyclic) bond motifs is 8. The van der Waals surface area contributed by atoms with Crippen LogP contribution in [0.25, 0.3) is 70.9 Å². The second-order valence-corrected chi connectivity index (χ2v) is 10.2. The quantitative estimate of drug-likeness (QED) is 0.212. The third kappa shape index (κ3) is 2.61. The van der Waals surface area contributed by atoms with Gasteiger partial charge in [0, 0.05) is 33.5 Å². The summed E-state index contributed by atoms with van der Waals surface area (Å²) in [5.41, 5.74) is 5.87. The molecule has 0 bridgehead atoms. The van der Waals surface area contributed by atoms with Gasteiger partial charge in [-0.3, -0.25) is 0 Å². The van der Waals surface area contributed by atoms with Crippen LogP contribution in [0.5, 0.6) is 11.5 Å². The number of aromatic nitrogens is 1. The van der Waals surface area contributed by atoms with Crippen molar-refractivity contribution >= 4 is 54.1 Å². The van der Waals surface area contributed by atoms with Crippen LogP contribution in [0.2, 0.25) is 0 Å². The van der Waals surface area contributed by atoms with Crippen LogP contribution < -0.4 is 4.74 Å². The Balaban J connectivity index is 1.38. The fraction of sp³-hybridized carbons (Fsp3) is 0. The molecule has 0 spiro atoms. The predicted molar refractivity (Wildman–Crippen MR) is 159 cm³/mol. The number of ether oxygens (including phenoxy) is 1. The predicted octanol–water partition coefficient (Wildman–Crippen LogP) is 10.0. The zero-order valence-electron chi connectivity index (χ0n) is 20.5. The van der Waals surface area contributed by atoms with E-state index in [1.165, 1.54) is 54.2 Å². The minimum Gasteiger partial charge on any atom is -0.456 e. The maximum absolute atomic E-state index is 6.56. The monoisotopic (exact) mass is 483 g/mol. The molecule has 0 amide bonds. The fourth-order valence-electron chi connectivity index (χ4n) is 6.43. The average Bonchev–Trinajstić information content (AvgIpc) is 3.29. The summed E-state index contributed by atoms with van der Waals surface area (Å²) in [4.78, 5) is 0. The molecule has 2 nitrogen and oxygen atoms in total. The summed E-state index contributed by atoms with van der Waals surface area (Å²) in [6.07, 6.45) is 0. The molecule has 176 valence electrons. The van der Waals surface area contributed by atoms with Crippen LogP contribution >= 0.6 is 0 Å². The van der Waals surface area contributed by atoms with Gasteiger partial charge in [0.1, 0.15) is 11.5 Å². The van der Waals surface area contributed by atoms with Crippen molar-refractivity contribution in [1.82, 2.24) is 4.57 Å². The van der Waals surface area contributed by atoms with Crippen LogP contribution in [-0.4, -0.2) is 4.57 Å². The van der Waals surface area contributed by atoms with Gasteiger partial charge in [0.05, 0.1) is 11.0 Å². The van der Waals surface area contributed by atoms with Gasteiger partial charge in [0.25, 0.3) is 0 Å². The van der Waals surface area contributed by atoms with Crippen molar-refractivity contribution in [2.45, 2.75) is 0 Å². The lowest BCUT2D eigenvalue weighted by atomic mass is 9.93. The van der Waals surface area contributed by atoms with E-state index in [1.54, 1.807) is 0 Å². The van der Waals surface area contributed by atoms with E-state index < -0.39 is 0 Å². The number of benzene rings is 7. The summed E-state index contributed by atoms with van der Waals surface area (Å²) in [6.45, 7) is 0. The zero-order valence-corrected chi connectivity index (χ0v) is 20.5. The first-order valence-corrected chi connectivity index (χ1v) is 13.0. The van der Waals surface area contributed by atoms with Gasteiger partial charge in [-0.25, -0.2) is 0 Å². The molecule has 0 unspecified atom stereocenters. The first-order valence-electron chi connectivity index (χ1n) is 13.0. The first kappa shape index (κ1) is 20.0. The lowest BCUT2D eigenvalue weighted by Crippen LogP contribution is -1.98. The Morgan fingerprint density at radius 3 is 2.08 bits per heavy atom. The fourth-order valence-corrected chi connectivity index (χ4v) is 6.43. The van der Waals surface area contributed by atoms with Crippen LogP contribution in [0.15, 0.2) is 127 Å². The molecule has 1 aromatic heterocycles. The molecule has 0 saturated heterocycles. The molecule has 9 rings (SSSR count). The number of hydrogen-bond donors (Lipinski definition) is 0. The second-order valence-electron chi connectivity index (χ2n) is 10.2. The van der Waals surface area contributed by atoms with Crippen LogP contribution in [0.3, 0.4) is 0 Å². The van der Waals surface area contributed by atoms with Gasteiger partial charge in [0.2, 0.25) is 0 Å². The van der Waals surface area contributed by atoms with Crippen molar-refractivity contribution in [1.29, 1.82) is 0 Å². The van der Waals surface area contributed by atoms with E-state index in [-0.39, 0.29) is 0 Å². The van der Waals surface area contributed by atoms with E-state index in [9.17, 15) is 0 Å². The molecule has 0 saturated carbocycles. The highest BCUT2D eigenvalue weighted by atomic mass is 16.5. The lowest BCUT2D eigenvalue weighted by Gasteiger charge is -2.21. The minimum absolute atomic E-state index is 0.902. The highest BCUT2D eigenvalue weighted by molar-refractivity contribution is 6.14. The third-order valence-electron chi connectivity index (χ3n) is 8.14. The van der Waals surface area contributed by atoms with Gasteiger partial charge in [-0.05, 0) is 62.8 Å². The van der Waals surface area contributed by atoms with Crippen LogP contribution in [0, 0.1) is 0 Å². The highest BCUT2D eigenvalue weighted by Gasteiger charge is 2.23. The topological polar surface area (TPSA) is 14.2 Å². The average molecular weight is 484 g/mol. The van der Waals surface area contributed by atoms with Crippen molar-refractivity contribution in [3.8, 4) is 28.3 Å². The molecule has 2 heterocycles. The van der Waals surface area contributed by atoms with Gasteiger partial charge in [-0.2, -0.15) is 0 Å². The second kappa shape index (κ2) is 7.24. The van der Waals surface area contributed by atoms with E-state index in [4.69, 9.17) is 4.74 Å². The molecular formula is C36H21NO. The van der Waals surface area contributed by atoms with Gasteiger partial charge < -0.3 is 9.30 Å². The van der Waals surface area contributed by atoms with Gasteiger partial charge in [0.15, 0.2) is 0 Å². The molecule has 0 radical (unpaired) electrons. The third-order valence-corrected chi connectivity index (χ3v) is 8.14. The standard InChI is InChI=1S/C36H21NO/c1-2-10-26-22(7-1)15-16-23-17-18-25(19-29(23)26)37-32-13-4-3-11-27(32)30-20-31-28-12-5-8-24-9-6-14-34(36(24)28)38-35(31)21-33(30)37/h1-21H. The Morgan fingerprint density at radius 1 is 0.421 bits per heavy atom. The molecule has 0 aliphatic carbocycles. The van der Waals surface area contributed by atoms with Gasteiger partial charge >= 0.3 is 0 Å². The number of nitrogens with zero attached hydrogens (tertiary/aromatic N) is 1. The summed E-state index contributed by atoms with van der Waals surface area (Å²) in [6, 6.07) is 45.9. The van der Waals surface area contributed by atoms with E-state index in [2.05, 4.69) is 132 Å². The van der Waals surface area contributed by atoms with E-state index in [0.717, 1.165) is 28.3 Å². The molecular weight excluding hydrogens is 462 g/mol.